The Kier molecular flexibility index (Phi) is 7.01. The van der Waals surface area contributed by atoms with Crippen LogP contribution in [-0.4, -0.2) is 58.1 Å². The highest BCUT2D eigenvalue weighted by atomic mass is 16.5. The normalized spacial score (nSPS) is 26.2. The summed E-state index contributed by atoms with van der Waals surface area (Å²) in [5.41, 5.74) is 2.20. The SMILES string of the molecule is COc1ccc([C@H]2C3=CC[C@@H]4C(=O)N(CCCCCC(=O)O)C(=O)[C@@H]4[C@@H]3CC3=C2C(=O)C=C(C)C3=O)c(O)c1. The van der Waals surface area contributed by atoms with Crippen molar-refractivity contribution >= 4 is 29.4 Å². The zero-order chi connectivity index (χ0) is 28.0. The highest BCUT2D eigenvalue weighted by Crippen LogP contribution is 2.56. The largest absolute Gasteiger partial charge is 0.507 e. The third kappa shape index (κ3) is 4.49. The number of ether oxygens (including phenoxy) is 1. The second-order valence-electron chi connectivity index (χ2n) is 10.7. The van der Waals surface area contributed by atoms with E-state index in [0.29, 0.717) is 53.7 Å². The summed E-state index contributed by atoms with van der Waals surface area (Å²) in [7, 11) is 1.48. The fourth-order valence-electron chi connectivity index (χ4n) is 6.64. The number of Topliss-reactive ketones (excluding diaryl/α,β-unsaturated/α-hetero) is 1. The Hall–Kier alpha value is -4.01. The fraction of sp³-hybridized carbons (Fsp3) is 0.433. The smallest absolute Gasteiger partial charge is 0.303 e. The van der Waals surface area contributed by atoms with Crippen molar-refractivity contribution in [2.75, 3.05) is 13.7 Å². The number of phenols is 1. The van der Waals surface area contributed by atoms with Gasteiger partial charge in [0, 0.05) is 47.2 Å². The van der Waals surface area contributed by atoms with Crippen molar-refractivity contribution in [1.82, 2.24) is 4.90 Å². The van der Waals surface area contributed by atoms with Crippen LogP contribution >= 0.6 is 0 Å². The molecule has 5 rings (SSSR count). The van der Waals surface area contributed by atoms with Gasteiger partial charge in [0.05, 0.1) is 18.9 Å². The van der Waals surface area contributed by atoms with E-state index in [1.54, 1.807) is 19.1 Å². The molecular formula is C30H31NO8. The molecule has 39 heavy (non-hydrogen) atoms. The van der Waals surface area contributed by atoms with Crippen LogP contribution < -0.4 is 4.74 Å². The van der Waals surface area contributed by atoms with Crippen molar-refractivity contribution in [1.29, 1.82) is 0 Å². The first-order valence-corrected chi connectivity index (χ1v) is 13.3. The third-order valence-corrected chi connectivity index (χ3v) is 8.47. The number of hydrogen-bond donors (Lipinski definition) is 2. The molecule has 0 radical (unpaired) electrons. The summed E-state index contributed by atoms with van der Waals surface area (Å²) in [4.78, 5) is 65.7. The summed E-state index contributed by atoms with van der Waals surface area (Å²) in [5.74, 6) is -4.01. The quantitative estimate of drug-likeness (QED) is 0.224. The number of amides is 2. The zero-order valence-corrected chi connectivity index (χ0v) is 21.9. The van der Waals surface area contributed by atoms with Gasteiger partial charge in [0.15, 0.2) is 11.6 Å². The number of phenolic OH excluding ortho intramolecular Hbond substituents is 1. The molecular weight excluding hydrogens is 502 g/mol. The minimum atomic E-state index is -0.878. The van der Waals surface area contributed by atoms with E-state index >= 15 is 0 Å². The lowest BCUT2D eigenvalue weighted by atomic mass is 9.59. The van der Waals surface area contributed by atoms with E-state index in [9.17, 15) is 29.1 Å². The van der Waals surface area contributed by atoms with Gasteiger partial charge in [-0.3, -0.25) is 28.9 Å². The molecule has 2 N–H and O–H groups in total. The summed E-state index contributed by atoms with van der Waals surface area (Å²) < 4.78 is 5.22. The van der Waals surface area contributed by atoms with Crippen LogP contribution in [-0.2, 0) is 24.0 Å². The molecule has 2 amide bonds. The van der Waals surface area contributed by atoms with Crippen LogP contribution in [0, 0.1) is 17.8 Å². The molecule has 4 aliphatic rings. The molecule has 4 atom stereocenters. The Morgan fingerprint density at radius 1 is 1.08 bits per heavy atom. The Morgan fingerprint density at radius 3 is 2.54 bits per heavy atom. The molecule has 9 nitrogen and oxygen atoms in total. The van der Waals surface area contributed by atoms with Gasteiger partial charge in [-0.05, 0) is 50.7 Å². The van der Waals surface area contributed by atoms with Gasteiger partial charge in [0.25, 0.3) is 0 Å². The number of aromatic hydroxyl groups is 1. The van der Waals surface area contributed by atoms with Crippen LogP contribution in [0.25, 0.3) is 0 Å². The van der Waals surface area contributed by atoms with Crippen LogP contribution in [0.3, 0.4) is 0 Å². The number of fused-ring (bicyclic) bond motifs is 3. The number of carboxylic acid groups (broad SMARTS) is 1. The zero-order valence-electron chi connectivity index (χ0n) is 21.9. The molecule has 0 saturated carbocycles. The molecule has 0 bridgehead atoms. The number of hydrogen-bond acceptors (Lipinski definition) is 7. The number of nitrogens with zero attached hydrogens (tertiary/aromatic N) is 1. The maximum absolute atomic E-state index is 13.7. The van der Waals surface area contributed by atoms with Crippen molar-refractivity contribution in [3.63, 3.8) is 0 Å². The van der Waals surface area contributed by atoms with Crippen molar-refractivity contribution in [3.8, 4) is 11.5 Å². The van der Waals surface area contributed by atoms with Crippen LogP contribution in [0.2, 0.25) is 0 Å². The van der Waals surface area contributed by atoms with Crippen LogP contribution in [0.1, 0.15) is 56.9 Å². The number of allylic oxidation sites excluding steroid dienone is 6. The van der Waals surface area contributed by atoms with Crippen LogP contribution in [0.15, 0.2) is 52.6 Å². The highest BCUT2D eigenvalue weighted by Gasteiger charge is 2.56. The predicted molar refractivity (Wildman–Crippen MR) is 139 cm³/mol. The number of rotatable bonds is 8. The Morgan fingerprint density at radius 2 is 1.85 bits per heavy atom. The van der Waals surface area contributed by atoms with E-state index in [1.165, 1.54) is 24.2 Å². The van der Waals surface area contributed by atoms with E-state index in [1.807, 2.05) is 6.08 Å². The molecule has 0 aromatic heterocycles. The van der Waals surface area contributed by atoms with E-state index in [-0.39, 0.29) is 48.5 Å². The summed E-state index contributed by atoms with van der Waals surface area (Å²) in [6.45, 7) is 1.82. The number of unbranched alkanes of at least 4 members (excludes halogenated alkanes) is 2. The monoisotopic (exact) mass is 533 g/mol. The summed E-state index contributed by atoms with van der Waals surface area (Å²) >= 11 is 0. The first-order chi connectivity index (χ1) is 18.6. The number of carbonyl (C=O) groups excluding carboxylic acids is 4. The number of methoxy groups -OCH3 is 1. The summed E-state index contributed by atoms with van der Waals surface area (Å²) in [6.07, 6.45) is 5.36. The van der Waals surface area contributed by atoms with Gasteiger partial charge < -0.3 is 14.9 Å². The van der Waals surface area contributed by atoms with Crippen LogP contribution in [0.5, 0.6) is 11.5 Å². The minimum Gasteiger partial charge on any atom is -0.507 e. The lowest BCUT2D eigenvalue weighted by Gasteiger charge is -2.42. The minimum absolute atomic E-state index is 0.0418. The average Bonchev–Trinajstić information content (AvgIpc) is 3.15. The van der Waals surface area contributed by atoms with E-state index in [0.717, 1.165) is 5.57 Å². The van der Waals surface area contributed by atoms with Gasteiger partial charge in [-0.25, -0.2) is 0 Å². The molecule has 1 heterocycles. The number of likely N-dealkylation sites (tertiary alicyclic amines) is 1. The standard InChI is InChI=1S/C30H31NO8/c1-15-12-23(33)27-21(28(15)36)14-20-17(25(27)18-8-7-16(39-2)13-22(18)32)9-10-19-26(20)30(38)31(29(19)37)11-5-3-4-6-24(34)35/h7-9,12-13,19-20,25-26,32H,3-6,10-11,14H2,1-2H3,(H,34,35)/t19-,20+,25+,26-/m0/s1. The lowest BCUT2D eigenvalue weighted by Crippen LogP contribution is -2.39. The van der Waals surface area contributed by atoms with Crippen LogP contribution in [0.4, 0.5) is 0 Å². The number of imide groups is 1. The van der Waals surface area contributed by atoms with E-state index < -0.39 is 29.6 Å². The predicted octanol–water partition coefficient (Wildman–Crippen LogP) is 3.48. The van der Waals surface area contributed by atoms with Gasteiger partial charge in [0.2, 0.25) is 11.8 Å². The second-order valence-corrected chi connectivity index (χ2v) is 10.7. The Labute approximate surface area is 225 Å². The third-order valence-electron chi connectivity index (χ3n) is 8.47. The number of aliphatic carboxylic acids is 1. The Bertz CT molecular complexity index is 1380. The molecule has 1 aromatic carbocycles. The number of benzene rings is 1. The highest BCUT2D eigenvalue weighted by molar-refractivity contribution is 6.23. The van der Waals surface area contributed by atoms with Gasteiger partial charge in [0.1, 0.15) is 11.5 Å². The van der Waals surface area contributed by atoms with Gasteiger partial charge in [-0.1, -0.05) is 24.1 Å². The molecule has 1 saturated heterocycles. The van der Waals surface area contributed by atoms with Gasteiger partial charge >= 0.3 is 5.97 Å². The molecule has 3 aliphatic carbocycles. The van der Waals surface area contributed by atoms with E-state index in [2.05, 4.69) is 0 Å². The van der Waals surface area contributed by atoms with Gasteiger partial charge in [-0.15, -0.1) is 0 Å². The second kappa shape index (κ2) is 10.3. The molecule has 1 aromatic rings. The van der Waals surface area contributed by atoms with Crippen molar-refractivity contribution in [2.45, 2.75) is 51.4 Å². The lowest BCUT2D eigenvalue weighted by molar-refractivity contribution is -0.141. The molecule has 1 fully saturated rings. The van der Waals surface area contributed by atoms with Gasteiger partial charge in [-0.2, -0.15) is 0 Å². The van der Waals surface area contributed by atoms with Crippen molar-refractivity contribution < 1.29 is 38.9 Å². The molecule has 204 valence electrons. The molecule has 0 spiro atoms. The number of carbonyl (C=O) groups is 5. The first kappa shape index (κ1) is 26.6. The maximum atomic E-state index is 13.7. The van der Waals surface area contributed by atoms with E-state index in [4.69, 9.17) is 9.84 Å². The molecule has 9 heteroatoms. The number of ketones is 2. The number of carboxylic acids is 1. The maximum Gasteiger partial charge on any atom is 0.303 e. The summed E-state index contributed by atoms with van der Waals surface area (Å²) in [5, 5.41) is 19.8. The van der Waals surface area contributed by atoms with Crippen molar-refractivity contribution in [3.05, 3.63) is 58.2 Å². The summed E-state index contributed by atoms with van der Waals surface area (Å²) in [6, 6.07) is 4.81. The topological polar surface area (TPSA) is 138 Å². The average molecular weight is 534 g/mol. The molecule has 1 aliphatic heterocycles. The Balaban J connectivity index is 1.51. The van der Waals surface area contributed by atoms with Crippen molar-refractivity contribution in [2.24, 2.45) is 17.8 Å². The molecule has 0 unspecified atom stereocenters. The fourth-order valence-corrected chi connectivity index (χ4v) is 6.64. The first-order valence-electron chi connectivity index (χ1n) is 13.3.